The molecule has 1 aromatic carbocycles. The van der Waals surface area contributed by atoms with Crippen molar-refractivity contribution >= 4 is 5.69 Å². The molecule has 3 rings (SSSR count). The van der Waals surface area contributed by atoms with Gasteiger partial charge in [0, 0.05) is 31.2 Å². The first-order valence-electron chi connectivity index (χ1n) is 7.28. The molecule has 2 saturated heterocycles. The average molecular weight is 293 g/mol. The van der Waals surface area contributed by atoms with Gasteiger partial charge in [0.25, 0.3) is 0 Å². The van der Waals surface area contributed by atoms with Crippen LogP contribution in [-0.4, -0.2) is 35.0 Å². The van der Waals surface area contributed by atoms with Crippen LogP contribution in [0.3, 0.4) is 0 Å². The van der Waals surface area contributed by atoms with Crippen LogP contribution in [0, 0.1) is 27.8 Å². The van der Waals surface area contributed by atoms with Gasteiger partial charge in [0.05, 0.1) is 4.92 Å². The second kappa shape index (κ2) is 5.03. The van der Waals surface area contributed by atoms with Crippen molar-refractivity contribution in [1.29, 1.82) is 0 Å². The fourth-order valence-corrected chi connectivity index (χ4v) is 3.79. The van der Waals surface area contributed by atoms with E-state index in [9.17, 15) is 14.5 Å². The van der Waals surface area contributed by atoms with Crippen molar-refractivity contribution < 1.29 is 9.31 Å². The van der Waals surface area contributed by atoms with Crippen molar-refractivity contribution in [2.24, 2.45) is 11.8 Å². The van der Waals surface area contributed by atoms with E-state index in [1.807, 2.05) is 0 Å². The quantitative estimate of drug-likeness (QED) is 0.685. The molecular formula is C15H20FN3O2. The van der Waals surface area contributed by atoms with Crippen molar-refractivity contribution in [2.45, 2.75) is 25.9 Å². The smallest absolute Gasteiger partial charge is 0.304 e. The summed E-state index contributed by atoms with van der Waals surface area (Å²) in [4.78, 5) is 12.3. The predicted octanol–water partition coefficient (Wildman–Crippen LogP) is 2.16. The summed E-state index contributed by atoms with van der Waals surface area (Å²) >= 11 is 0. The highest BCUT2D eigenvalue weighted by molar-refractivity contribution is 5.35. The van der Waals surface area contributed by atoms with E-state index in [0.717, 1.165) is 25.2 Å². The molecule has 1 aromatic rings. The maximum Gasteiger partial charge on any atom is 0.304 e. The minimum absolute atomic E-state index is 0.0619. The van der Waals surface area contributed by atoms with Gasteiger partial charge in [0.2, 0.25) is 5.82 Å². The Kier molecular flexibility index (Phi) is 3.45. The Balaban J connectivity index is 1.78. The number of nitro groups is 1. The van der Waals surface area contributed by atoms with Gasteiger partial charge in [0.1, 0.15) is 0 Å². The third-order valence-electron chi connectivity index (χ3n) is 5.10. The first kappa shape index (κ1) is 14.4. The fraction of sp³-hybridized carbons (Fsp3) is 0.600. The van der Waals surface area contributed by atoms with Crippen LogP contribution in [0.1, 0.15) is 19.4 Å². The molecule has 114 valence electrons. The topological polar surface area (TPSA) is 58.4 Å². The van der Waals surface area contributed by atoms with Crippen LogP contribution < -0.4 is 5.32 Å². The molecule has 2 aliphatic rings. The van der Waals surface area contributed by atoms with Crippen molar-refractivity contribution in [3.8, 4) is 0 Å². The third kappa shape index (κ3) is 2.42. The highest BCUT2D eigenvalue weighted by Gasteiger charge is 2.49. The van der Waals surface area contributed by atoms with Crippen LogP contribution in [0.25, 0.3) is 0 Å². The summed E-state index contributed by atoms with van der Waals surface area (Å²) in [6.07, 6.45) is 0. The molecular weight excluding hydrogens is 273 g/mol. The first-order chi connectivity index (χ1) is 9.89. The molecule has 0 amide bonds. The Morgan fingerprint density at radius 2 is 2.24 bits per heavy atom. The lowest BCUT2D eigenvalue weighted by molar-refractivity contribution is -0.387. The van der Waals surface area contributed by atoms with Gasteiger partial charge in [0.15, 0.2) is 0 Å². The molecule has 2 aliphatic heterocycles. The van der Waals surface area contributed by atoms with Crippen molar-refractivity contribution in [3.63, 3.8) is 0 Å². The van der Waals surface area contributed by atoms with Gasteiger partial charge in [-0.05, 0) is 43.9 Å². The van der Waals surface area contributed by atoms with E-state index in [1.54, 1.807) is 6.07 Å². The monoisotopic (exact) mass is 293 g/mol. The molecule has 6 heteroatoms. The van der Waals surface area contributed by atoms with Crippen molar-refractivity contribution in [2.75, 3.05) is 19.6 Å². The lowest BCUT2D eigenvalue weighted by Gasteiger charge is -2.35. The van der Waals surface area contributed by atoms with Crippen LogP contribution in [-0.2, 0) is 6.54 Å². The normalized spacial score (nSPS) is 27.8. The van der Waals surface area contributed by atoms with Crippen molar-refractivity contribution in [3.05, 3.63) is 39.7 Å². The van der Waals surface area contributed by atoms with Gasteiger partial charge in [-0.1, -0.05) is 6.07 Å². The summed E-state index contributed by atoms with van der Waals surface area (Å²) in [5.74, 6) is 0.500. The molecule has 0 bridgehead atoms. The molecule has 0 radical (unpaired) electrons. The summed E-state index contributed by atoms with van der Waals surface area (Å²) < 4.78 is 13.7. The zero-order chi connectivity index (χ0) is 15.2. The summed E-state index contributed by atoms with van der Waals surface area (Å²) in [5, 5.41) is 14.1. The Hall–Kier alpha value is -1.53. The van der Waals surface area contributed by atoms with Crippen LogP contribution in [0.5, 0.6) is 0 Å². The minimum atomic E-state index is -0.753. The SMILES string of the molecule is CC1(C)C2CNCC2CN1Cc1ccc([N+](=O)[O-])c(F)c1. The molecule has 2 heterocycles. The van der Waals surface area contributed by atoms with Crippen LogP contribution in [0.4, 0.5) is 10.1 Å². The summed E-state index contributed by atoms with van der Waals surface area (Å²) in [6.45, 7) is 8.15. The molecule has 21 heavy (non-hydrogen) atoms. The maximum atomic E-state index is 13.7. The number of rotatable bonds is 3. The van der Waals surface area contributed by atoms with E-state index in [-0.39, 0.29) is 5.54 Å². The standard InChI is InChI=1S/C15H20FN3O2/c1-15(2)12-7-17-6-11(12)9-18(15)8-10-3-4-14(19(20)21)13(16)5-10/h3-5,11-12,17H,6-9H2,1-2H3. The Labute approximate surface area is 123 Å². The van der Waals surface area contributed by atoms with Crippen molar-refractivity contribution in [1.82, 2.24) is 10.2 Å². The number of likely N-dealkylation sites (tertiary alicyclic amines) is 1. The Morgan fingerprint density at radius 1 is 1.48 bits per heavy atom. The van der Waals surface area contributed by atoms with Gasteiger partial charge in [-0.2, -0.15) is 4.39 Å². The van der Waals surface area contributed by atoms with Crippen LogP contribution >= 0.6 is 0 Å². The van der Waals surface area contributed by atoms with Gasteiger partial charge < -0.3 is 5.32 Å². The molecule has 2 unspecified atom stereocenters. The molecule has 0 aliphatic carbocycles. The number of benzene rings is 1. The van der Waals surface area contributed by atoms with Crippen LogP contribution in [0.2, 0.25) is 0 Å². The molecule has 2 atom stereocenters. The Morgan fingerprint density at radius 3 is 2.86 bits per heavy atom. The third-order valence-corrected chi connectivity index (χ3v) is 5.10. The summed E-state index contributed by atoms with van der Waals surface area (Å²) in [7, 11) is 0. The van der Waals surface area contributed by atoms with E-state index >= 15 is 0 Å². The van der Waals surface area contributed by atoms with Gasteiger partial charge in [-0.15, -0.1) is 0 Å². The van der Waals surface area contributed by atoms with Crippen LogP contribution in [0.15, 0.2) is 18.2 Å². The maximum absolute atomic E-state index is 13.7. The van der Waals surface area contributed by atoms with E-state index < -0.39 is 16.4 Å². The summed E-state index contributed by atoms with van der Waals surface area (Å²) in [5.41, 5.74) is 0.395. The largest absolute Gasteiger partial charge is 0.316 e. The number of hydrogen-bond donors (Lipinski definition) is 1. The second-order valence-corrected chi connectivity index (χ2v) is 6.60. The lowest BCUT2D eigenvalue weighted by Crippen LogP contribution is -2.43. The van der Waals surface area contributed by atoms with E-state index in [1.165, 1.54) is 12.1 Å². The fourth-order valence-electron chi connectivity index (χ4n) is 3.79. The number of nitro benzene ring substituents is 1. The number of nitrogens with one attached hydrogen (secondary N) is 1. The second-order valence-electron chi connectivity index (χ2n) is 6.60. The molecule has 0 aromatic heterocycles. The lowest BCUT2D eigenvalue weighted by atomic mass is 9.85. The zero-order valence-electron chi connectivity index (χ0n) is 12.3. The molecule has 0 spiro atoms. The van der Waals surface area contributed by atoms with E-state index in [0.29, 0.717) is 18.4 Å². The number of nitrogens with zero attached hydrogens (tertiary/aromatic N) is 2. The predicted molar refractivity (Wildman–Crippen MR) is 77.4 cm³/mol. The average Bonchev–Trinajstić information content (AvgIpc) is 2.93. The van der Waals surface area contributed by atoms with Gasteiger partial charge in [-0.25, -0.2) is 0 Å². The molecule has 2 fully saturated rings. The Bertz CT molecular complexity index is 576. The number of fused-ring (bicyclic) bond motifs is 1. The highest BCUT2D eigenvalue weighted by Crippen LogP contribution is 2.41. The minimum Gasteiger partial charge on any atom is -0.316 e. The van der Waals surface area contributed by atoms with E-state index in [2.05, 4.69) is 24.1 Å². The van der Waals surface area contributed by atoms with E-state index in [4.69, 9.17) is 0 Å². The first-order valence-corrected chi connectivity index (χ1v) is 7.28. The number of halogens is 1. The molecule has 5 nitrogen and oxygen atoms in total. The van der Waals surface area contributed by atoms with Gasteiger partial charge >= 0.3 is 5.69 Å². The van der Waals surface area contributed by atoms with Gasteiger partial charge in [-0.3, -0.25) is 15.0 Å². The summed E-state index contributed by atoms with van der Waals surface area (Å²) in [6, 6.07) is 4.21. The number of hydrogen-bond acceptors (Lipinski definition) is 4. The zero-order valence-corrected chi connectivity index (χ0v) is 12.3. The molecule has 1 N–H and O–H groups in total. The molecule has 0 saturated carbocycles. The highest BCUT2D eigenvalue weighted by atomic mass is 19.1.